The van der Waals surface area contributed by atoms with E-state index in [1.165, 1.54) is 0 Å². The average Bonchev–Trinajstić information content (AvgIpc) is 2.10. The van der Waals surface area contributed by atoms with Crippen LogP contribution in [0.5, 0.6) is 0 Å². The largest absolute Gasteiger partial charge is 0.481 e. The lowest BCUT2D eigenvalue weighted by atomic mass is 10.2. The predicted octanol–water partition coefficient (Wildman–Crippen LogP) is 1.19. The third kappa shape index (κ3) is 5.26. The van der Waals surface area contributed by atoms with E-state index in [4.69, 9.17) is 11.5 Å². The summed E-state index contributed by atoms with van der Waals surface area (Å²) < 4.78 is 0. The maximum atomic E-state index is 10.3. The molecule has 0 amide bonds. The van der Waals surface area contributed by atoms with Gasteiger partial charge in [-0.1, -0.05) is 12.8 Å². The van der Waals surface area contributed by atoms with Crippen molar-refractivity contribution in [2.24, 2.45) is 0 Å². The van der Waals surface area contributed by atoms with E-state index in [9.17, 15) is 4.79 Å². The quantitative estimate of drug-likeness (QED) is 0.629. The highest BCUT2D eigenvalue weighted by molar-refractivity contribution is 5.66. The smallest absolute Gasteiger partial charge is 0.304 e. The molecule has 74 valence electrons. The van der Waals surface area contributed by atoms with Crippen molar-refractivity contribution < 1.29 is 9.90 Å². The zero-order chi connectivity index (χ0) is 10.3. The van der Waals surface area contributed by atoms with Crippen molar-refractivity contribution in [1.82, 2.24) is 4.90 Å². The number of carboxylic acid groups (broad SMARTS) is 1. The maximum absolute atomic E-state index is 10.3. The van der Waals surface area contributed by atoms with Crippen molar-refractivity contribution in [3.8, 4) is 12.3 Å². The summed E-state index contributed by atoms with van der Waals surface area (Å²) in [5.41, 5.74) is 0. The molecule has 1 atom stereocenters. The van der Waals surface area contributed by atoms with Crippen LogP contribution >= 0.6 is 0 Å². The number of carboxylic acids is 1. The molecule has 1 N–H and O–H groups in total. The molecule has 0 bridgehead atoms. The van der Waals surface area contributed by atoms with E-state index < -0.39 is 5.97 Å². The zero-order valence-corrected chi connectivity index (χ0v) is 8.29. The number of hydrogen-bond acceptors (Lipinski definition) is 2. The van der Waals surface area contributed by atoms with Crippen molar-refractivity contribution in [2.75, 3.05) is 13.1 Å². The van der Waals surface area contributed by atoms with E-state index in [-0.39, 0.29) is 6.42 Å². The van der Waals surface area contributed by atoms with Crippen LogP contribution in [-0.2, 0) is 4.79 Å². The van der Waals surface area contributed by atoms with E-state index in [0.29, 0.717) is 19.1 Å². The first kappa shape index (κ1) is 12.0. The molecule has 0 aliphatic heterocycles. The molecular formula is C10H17NO2. The summed E-state index contributed by atoms with van der Waals surface area (Å²) in [4.78, 5) is 12.3. The van der Waals surface area contributed by atoms with Gasteiger partial charge in [-0.15, -0.1) is 6.42 Å². The number of terminal acetylenes is 1. The van der Waals surface area contributed by atoms with Crippen LogP contribution in [0.2, 0.25) is 0 Å². The Hall–Kier alpha value is -1.01. The Morgan fingerprint density at radius 3 is 2.69 bits per heavy atom. The second-order valence-electron chi connectivity index (χ2n) is 3.08. The van der Waals surface area contributed by atoms with Crippen LogP contribution in [0.25, 0.3) is 0 Å². The molecule has 0 aromatic carbocycles. The molecule has 0 saturated heterocycles. The lowest BCUT2D eigenvalue weighted by Gasteiger charge is -2.25. The minimum Gasteiger partial charge on any atom is -0.481 e. The Kier molecular flexibility index (Phi) is 5.99. The number of nitrogens with zero attached hydrogens (tertiary/aromatic N) is 1. The van der Waals surface area contributed by atoms with Crippen molar-refractivity contribution in [2.45, 2.75) is 32.7 Å². The molecule has 3 heteroatoms. The van der Waals surface area contributed by atoms with Crippen molar-refractivity contribution in [1.29, 1.82) is 0 Å². The summed E-state index contributed by atoms with van der Waals surface area (Å²) in [6.07, 6.45) is 6.34. The normalized spacial score (nSPS) is 12.5. The van der Waals surface area contributed by atoms with Crippen molar-refractivity contribution in [3.05, 3.63) is 0 Å². The Morgan fingerprint density at radius 1 is 1.69 bits per heavy atom. The molecule has 0 aromatic heterocycles. The van der Waals surface area contributed by atoms with Crippen LogP contribution in [0.4, 0.5) is 0 Å². The highest BCUT2D eigenvalue weighted by Crippen LogP contribution is 2.03. The fourth-order valence-corrected chi connectivity index (χ4v) is 1.07. The van der Waals surface area contributed by atoms with Crippen molar-refractivity contribution in [3.63, 3.8) is 0 Å². The van der Waals surface area contributed by atoms with Crippen LogP contribution in [0.1, 0.15) is 26.7 Å². The first-order valence-electron chi connectivity index (χ1n) is 4.51. The van der Waals surface area contributed by atoms with E-state index in [2.05, 4.69) is 19.8 Å². The molecule has 0 saturated carbocycles. The Morgan fingerprint density at radius 2 is 2.31 bits per heavy atom. The van der Waals surface area contributed by atoms with Crippen LogP contribution < -0.4 is 0 Å². The highest BCUT2D eigenvalue weighted by Gasteiger charge is 2.11. The average molecular weight is 183 g/mol. The standard InChI is InChI=1S/C10H17NO2/c1-4-7-11(9(3)5-2)8-6-10(12)13/h1,9H,5-8H2,2-3H3,(H,12,13). The molecular weight excluding hydrogens is 166 g/mol. The second kappa shape index (κ2) is 6.50. The molecule has 3 nitrogen and oxygen atoms in total. The third-order valence-electron chi connectivity index (χ3n) is 2.12. The van der Waals surface area contributed by atoms with Crippen LogP contribution in [0, 0.1) is 12.3 Å². The van der Waals surface area contributed by atoms with Gasteiger partial charge in [0.2, 0.25) is 0 Å². The fourth-order valence-electron chi connectivity index (χ4n) is 1.07. The summed E-state index contributed by atoms with van der Waals surface area (Å²) in [7, 11) is 0. The first-order valence-corrected chi connectivity index (χ1v) is 4.51. The summed E-state index contributed by atoms with van der Waals surface area (Å²) in [5, 5.41) is 8.51. The number of carbonyl (C=O) groups is 1. The van der Waals surface area contributed by atoms with E-state index in [0.717, 1.165) is 6.42 Å². The lowest BCUT2D eigenvalue weighted by molar-refractivity contribution is -0.137. The monoisotopic (exact) mass is 183 g/mol. The van der Waals surface area contributed by atoms with Gasteiger partial charge in [0.25, 0.3) is 0 Å². The molecule has 0 rings (SSSR count). The van der Waals surface area contributed by atoms with Gasteiger partial charge in [-0.2, -0.15) is 0 Å². The molecule has 0 radical (unpaired) electrons. The summed E-state index contributed by atoms with van der Waals surface area (Å²) >= 11 is 0. The minimum atomic E-state index is -0.773. The van der Waals surface area contributed by atoms with E-state index in [1.807, 2.05) is 4.90 Å². The number of aliphatic carboxylic acids is 1. The molecule has 0 aliphatic carbocycles. The van der Waals surface area contributed by atoms with Gasteiger partial charge in [0.1, 0.15) is 0 Å². The van der Waals surface area contributed by atoms with Gasteiger partial charge in [-0.05, 0) is 13.3 Å². The molecule has 0 heterocycles. The molecule has 13 heavy (non-hydrogen) atoms. The van der Waals surface area contributed by atoms with Gasteiger partial charge < -0.3 is 5.11 Å². The lowest BCUT2D eigenvalue weighted by Crippen LogP contribution is -2.34. The van der Waals surface area contributed by atoms with Crippen LogP contribution in [-0.4, -0.2) is 35.1 Å². The molecule has 0 aromatic rings. The van der Waals surface area contributed by atoms with E-state index in [1.54, 1.807) is 0 Å². The molecule has 0 fully saturated rings. The number of rotatable bonds is 6. The van der Waals surface area contributed by atoms with E-state index >= 15 is 0 Å². The molecule has 1 unspecified atom stereocenters. The Labute approximate surface area is 79.7 Å². The summed E-state index contributed by atoms with van der Waals surface area (Å²) in [6, 6.07) is 0.357. The second-order valence-corrected chi connectivity index (χ2v) is 3.08. The van der Waals surface area contributed by atoms with Gasteiger partial charge >= 0.3 is 5.97 Å². The van der Waals surface area contributed by atoms with Gasteiger partial charge in [-0.3, -0.25) is 9.69 Å². The zero-order valence-electron chi connectivity index (χ0n) is 8.29. The summed E-state index contributed by atoms with van der Waals surface area (Å²) in [6.45, 7) is 5.19. The third-order valence-corrected chi connectivity index (χ3v) is 2.12. The van der Waals surface area contributed by atoms with Gasteiger partial charge in [0.15, 0.2) is 0 Å². The summed E-state index contributed by atoms with van der Waals surface area (Å²) in [5.74, 6) is 1.77. The first-order chi connectivity index (χ1) is 6.11. The van der Waals surface area contributed by atoms with Gasteiger partial charge in [0, 0.05) is 12.6 Å². The highest BCUT2D eigenvalue weighted by atomic mass is 16.4. The number of hydrogen-bond donors (Lipinski definition) is 1. The topological polar surface area (TPSA) is 40.5 Å². The van der Waals surface area contributed by atoms with Crippen molar-refractivity contribution >= 4 is 5.97 Å². The van der Waals surface area contributed by atoms with Gasteiger partial charge in [0.05, 0.1) is 13.0 Å². The predicted molar refractivity (Wildman–Crippen MR) is 52.4 cm³/mol. The SMILES string of the molecule is C#CCN(CCC(=O)O)C(C)CC. The van der Waals surface area contributed by atoms with Crippen LogP contribution in [0.3, 0.4) is 0 Å². The Balaban J connectivity index is 3.95. The maximum Gasteiger partial charge on any atom is 0.304 e. The molecule has 0 spiro atoms. The van der Waals surface area contributed by atoms with Gasteiger partial charge in [-0.25, -0.2) is 0 Å². The van der Waals surface area contributed by atoms with Crippen LogP contribution in [0.15, 0.2) is 0 Å². The Bertz CT molecular complexity index is 196. The fraction of sp³-hybridized carbons (Fsp3) is 0.700. The molecule has 0 aliphatic rings. The minimum absolute atomic E-state index is 0.159.